The van der Waals surface area contributed by atoms with Crippen LogP contribution >= 0.6 is 15.9 Å². The standard InChI is InChI=1S/C20H14BrF3N4O4/c21-13-4-6-16(17(9-13)28(30)31)18-7-5-15(32-18)10-26-27-19(29)11-25-14-3-1-2-12(8-14)20(22,23)24/h1-10,25H,11H2,(H,27,29)/b26-10-. The zero-order chi connectivity index (χ0) is 23.3. The van der Waals surface area contributed by atoms with E-state index in [4.69, 9.17) is 4.42 Å². The molecule has 0 saturated heterocycles. The van der Waals surface area contributed by atoms with Crippen molar-refractivity contribution in [1.82, 2.24) is 5.43 Å². The monoisotopic (exact) mass is 510 g/mol. The van der Waals surface area contributed by atoms with Gasteiger partial charge in [0, 0.05) is 16.2 Å². The summed E-state index contributed by atoms with van der Waals surface area (Å²) >= 11 is 3.18. The predicted molar refractivity (Wildman–Crippen MR) is 114 cm³/mol. The quantitative estimate of drug-likeness (QED) is 0.258. The van der Waals surface area contributed by atoms with Crippen molar-refractivity contribution in [3.63, 3.8) is 0 Å². The maximum atomic E-state index is 12.7. The van der Waals surface area contributed by atoms with Gasteiger partial charge in [0.15, 0.2) is 0 Å². The molecule has 0 unspecified atom stereocenters. The minimum Gasteiger partial charge on any atom is -0.455 e. The molecule has 0 aliphatic heterocycles. The Balaban J connectivity index is 1.58. The van der Waals surface area contributed by atoms with E-state index in [0.29, 0.717) is 4.47 Å². The number of nitro benzene ring substituents is 1. The van der Waals surface area contributed by atoms with Crippen LogP contribution in [0.15, 0.2) is 68.6 Å². The molecule has 0 atom stereocenters. The molecule has 166 valence electrons. The molecule has 3 aromatic rings. The number of alkyl halides is 3. The Bertz CT molecular complexity index is 1180. The van der Waals surface area contributed by atoms with Crippen LogP contribution in [0, 0.1) is 10.1 Å². The summed E-state index contributed by atoms with van der Waals surface area (Å²) in [5, 5.41) is 17.5. The molecule has 3 rings (SSSR count). The number of anilines is 1. The number of amides is 1. The van der Waals surface area contributed by atoms with Crippen LogP contribution in [-0.4, -0.2) is 23.6 Å². The SMILES string of the molecule is O=C(CNc1cccc(C(F)(F)F)c1)N/N=C\c1ccc(-c2ccc(Br)cc2[N+](=O)[O-])o1. The van der Waals surface area contributed by atoms with E-state index in [-0.39, 0.29) is 35.0 Å². The van der Waals surface area contributed by atoms with Crippen LogP contribution in [0.3, 0.4) is 0 Å². The Hall–Kier alpha value is -3.67. The first-order chi connectivity index (χ1) is 15.1. The summed E-state index contributed by atoms with van der Waals surface area (Å²) in [4.78, 5) is 22.6. The largest absolute Gasteiger partial charge is 0.455 e. The third-order valence-electron chi connectivity index (χ3n) is 4.07. The molecule has 0 radical (unpaired) electrons. The van der Waals surface area contributed by atoms with Crippen LogP contribution in [0.4, 0.5) is 24.5 Å². The zero-order valence-electron chi connectivity index (χ0n) is 16.0. The second kappa shape index (κ2) is 9.64. The lowest BCUT2D eigenvalue weighted by molar-refractivity contribution is -0.384. The number of nitro groups is 1. The van der Waals surface area contributed by atoms with E-state index < -0.39 is 22.6 Å². The highest BCUT2D eigenvalue weighted by Gasteiger charge is 2.30. The molecule has 8 nitrogen and oxygen atoms in total. The van der Waals surface area contributed by atoms with Gasteiger partial charge in [0.1, 0.15) is 11.5 Å². The normalized spacial score (nSPS) is 11.5. The number of halogens is 4. The highest BCUT2D eigenvalue weighted by molar-refractivity contribution is 9.10. The third kappa shape index (κ3) is 5.94. The fraction of sp³-hybridized carbons (Fsp3) is 0.100. The Morgan fingerprint density at radius 3 is 2.69 bits per heavy atom. The molecule has 0 spiro atoms. The maximum Gasteiger partial charge on any atom is 0.416 e. The van der Waals surface area contributed by atoms with E-state index in [2.05, 4.69) is 31.8 Å². The summed E-state index contributed by atoms with van der Waals surface area (Å²) in [6.45, 7) is -0.312. The highest BCUT2D eigenvalue weighted by atomic mass is 79.9. The molecule has 1 heterocycles. The second-order valence-corrected chi connectivity index (χ2v) is 7.26. The first-order valence-corrected chi connectivity index (χ1v) is 9.70. The molecule has 0 bridgehead atoms. The minimum atomic E-state index is -4.48. The van der Waals surface area contributed by atoms with Gasteiger partial charge < -0.3 is 9.73 Å². The van der Waals surface area contributed by atoms with Crippen molar-refractivity contribution in [2.75, 3.05) is 11.9 Å². The number of nitrogens with zero attached hydrogens (tertiary/aromatic N) is 2. The van der Waals surface area contributed by atoms with E-state index in [9.17, 15) is 28.1 Å². The van der Waals surface area contributed by atoms with E-state index >= 15 is 0 Å². The van der Waals surface area contributed by atoms with Gasteiger partial charge in [-0.1, -0.05) is 22.0 Å². The average Bonchev–Trinajstić information content (AvgIpc) is 3.20. The van der Waals surface area contributed by atoms with Crippen molar-refractivity contribution >= 4 is 39.4 Å². The number of nitrogens with one attached hydrogen (secondary N) is 2. The zero-order valence-corrected chi connectivity index (χ0v) is 17.6. The highest BCUT2D eigenvalue weighted by Crippen LogP contribution is 2.33. The van der Waals surface area contributed by atoms with Crippen molar-refractivity contribution in [2.45, 2.75) is 6.18 Å². The van der Waals surface area contributed by atoms with Crippen molar-refractivity contribution in [3.05, 3.63) is 80.5 Å². The molecule has 1 aromatic heterocycles. The molecule has 1 amide bonds. The average molecular weight is 511 g/mol. The molecular weight excluding hydrogens is 497 g/mol. The van der Waals surface area contributed by atoms with Gasteiger partial charge >= 0.3 is 6.18 Å². The third-order valence-corrected chi connectivity index (χ3v) is 4.57. The number of hydrogen-bond acceptors (Lipinski definition) is 6. The van der Waals surface area contributed by atoms with Gasteiger partial charge in [-0.3, -0.25) is 14.9 Å². The summed E-state index contributed by atoms with van der Waals surface area (Å²) in [6.07, 6.45) is -3.29. The predicted octanol–water partition coefficient (Wildman–Crippen LogP) is 5.20. The van der Waals surface area contributed by atoms with Crippen molar-refractivity contribution in [2.24, 2.45) is 5.10 Å². The van der Waals surface area contributed by atoms with E-state index in [0.717, 1.165) is 12.1 Å². The minimum absolute atomic E-state index is 0.130. The van der Waals surface area contributed by atoms with Crippen molar-refractivity contribution in [1.29, 1.82) is 0 Å². The molecule has 32 heavy (non-hydrogen) atoms. The number of hydrazone groups is 1. The van der Waals surface area contributed by atoms with Gasteiger partial charge in [0.05, 0.1) is 28.8 Å². The van der Waals surface area contributed by atoms with E-state index in [1.54, 1.807) is 6.07 Å². The second-order valence-electron chi connectivity index (χ2n) is 6.35. The van der Waals surface area contributed by atoms with Crippen LogP contribution in [0.25, 0.3) is 11.3 Å². The summed E-state index contributed by atoms with van der Waals surface area (Å²) in [6, 6.07) is 12.0. The summed E-state index contributed by atoms with van der Waals surface area (Å²) in [5.41, 5.74) is 1.62. The van der Waals surface area contributed by atoms with Gasteiger partial charge in [0.25, 0.3) is 11.6 Å². The Kier molecular flexibility index (Phi) is 6.93. The molecule has 0 saturated carbocycles. The topological polar surface area (TPSA) is 110 Å². The Morgan fingerprint density at radius 2 is 1.97 bits per heavy atom. The number of carbonyl (C=O) groups excluding carboxylic acids is 1. The van der Waals surface area contributed by atoms with Gasteiger partial charge in [0.2, 0.25) is 0 Å². The van der Waals surface area contributed by atoms with Crippen molar-refractivity contribution in [3.8, 4) is 11.3 Å². The number of furan rings is 1. The van der Waals surface area contributed by atoms with Crippen LogP contribution in [-0.2, 0) is 11.0 Å². The van der Waals surface area contributed by atoms with Gasteiger partial charge in [-0.2, -0.15) is 18.3 Å². The fourth-order valence-electron chi connectivity index (χ4n) is 2.63. The van der Waals surface area contributed by atoms with Crippen LogP contribution < -0.4 is 10.7 Å². The Morgan fingerprint density at radius 1 is 1.19 bits per heavy atom. The fourth-order valence-corrected chi connectivity index (χ4v) is 2.98. The summed E-state index contributed by atoms with van der Waals surface area (Å²) in [5.74, 6) is -0.138. The lowest BCUT2D eigenvalue weighted by Crippen LogP contribution is -2.26. The molecule has 2 N–H and O–H groups in total. The van der Waals surface area contributed by atoms with Gasteiger partial charge in [-0.15, -0.1) is 0 Å². The Labute approximate surface area is 187 Å². The van der Waals surface area contributed by atoms with Crippen molar-refractivity contribution < 1.29 is 27.3 Å². The molecular formula is C20H14BrF3N4O4. The smallest absolute Gasteiger partial charge is 0.416 e. The van der Waals surface area contributed by atoms with E-state index in [1.165, 1.54) is 42.6 Å². The summed E-state index contributed by atoms with van der Waals surface area (Å²) in [7, 11) is 0. The maximum absolute atomic E-state index is 12.7. The summed E-state index contributed by atoms with van der Waals surface area (Å²) < 4.78 is 44.2. The number of rotatable bonds is 7. The molecule has 0 aliphatic carbocycles. The molecule has 0 fully saturated rings. The van der Waals surface area contributed by atoms with Crippen LogP contribution in [0.1, 0.15) is 11.3 Å². The lowest BCUT2D eigenvalue weighted by atomic mass is 10.1. The molecule has 2 aromatic carbocycles. The molecule has 12 heteroatoms. The number of carbonyl (C=O) groups is 1. The van der Waals surface area contributed by atoms with Gasteiger partial charge in [-0.05, 0) is 42.5 Å². The van der Waals surface area contributed by atoms with Gasteiger partial charge in [-0.25, -0.2) is 5.43 Å². The van der Waals surface area contributed by atoms with Crippen LogP contribution in [0.5, 0.6) is 0 Å². The molecule has 0 aliphatic rings. The van der Waals surface area contributed by atoms with Crippen LogP contribution in [0.2, 0.25) is 0 Å². The van der Waals surface area contributed by atoms with E-state index in [1.807, 2.05) is 0 Å². The number of hydrogen-bond donors (Lipinski definition) is 2. The lowest BCUT2D eigenvalue weighted by Gasteiger charge is -2.09. The first-order valence-electron chi connectivity index (χ1n) is 8.90. The number of benzene rings is 2. The first kappa shape index (κ1) is 23.0.